The summed E-state index contributed by atoms with van der Waals surface area (Å²) < 4.78 is 5.03. The number of methoxy groups -OCH3 is 1. The summed E-state index contributed by atoms with van der Waals surface area (Å²) in [6.07, 6.45) is 0.700. The zero-order valence-electron chi connectivity index (χ0n) is 11.6. The van der Waals surface area contributed by atoms with Gasteiger partial charge in [-0.25, -0.2) is 0 Å². The van der Waals surface area contributed by atoms with Gasteiger partial charge >= 0.3 is 0 Å². The standard InChI is InChI=1S/C13H21N3O3S/c1-19-10(9-14)8-12(17)15-5-3-6-16-13(18)11-4-2-7-20-11/h2,4,7,10H,3,5-6,8-9,14H2,1H3,(H,15,17)(H,16,18). The van der Waals surface area contributed by atoms with Crippen LogP contribution >= 0.6 is 11.3 Å². The molecule has 0 aliphatic carbocycles. The highest BCUT2D eigenvalue weighted by Gasteiger charge is 2.10. The van der Waals surface area contributed by atoms with E-state index in [2.05, 4.69) is 10.6 Å². The highest BCUT2D eigenvalue weighted by molar-refractivity contribution is 7.12. The van der Waals surface area contributed by atoms with Crippen molar-refractivity contribution in [2.24, 2.45) is 5.73 Å². The van der Waals surface area contributed by atoms with Gasteiger partial charge in [-0.3, -0.25) is 9.59 Å². The second-order valence-corrected chi connectivity index (χ2v) is 5.18. The SMILES string of the molecule is COC(CN)CC(=O)NCCCNC(=O)c1cccs1. The van der Waals surface area contributed by atoms with Crippen LogP contribution in [0.4, 0.5) is 0 Å². The molecule has 0 radical (unpaired) electrons. The van der Waals surface area contributed by atoms with Crippen LogP contribution in [0.25, 0.3) is 0 Å². The Morgan fingerprint density at radius 2 is 2.15 bits per heavy atom. The molecule has 0 aliphatic rings. The van der Waals surface area contributed by atoms with Crippen molar-refractivity contribution in [3.8, 4) is 0 Å². The fraction of sp³-hybridized carbons (Fsp3) is 0.538. The topological polar surface area (TPSA) is 93.4 Å². The fourth-order valence-electron chi connectivity index (χ4n) is 1.55. The summed E-state index contributed by atoms with van der Waals surface area (Å²) in [5.74, 6) is -0.166. The van der Waals surface area contributed by atoms with Crippen molar-refractivity contribution in [3.63, 3.8) is 0 Å². The van der Waals surface area contributed by atoms with E-state index in [1.54, 1.807) is 6.07 Å². The molecule has 2 amide bonds. The number of carbonyl (C=O) groups is 2. The maximum Gasteiger partial charge on any atom is 0.261 e. The highest BCUT2D eigenvalue weighted by Crippen LogP contribution is 2.07. The van der Waals surface area contributed by atoms with Crippen molar-refractivity contribution in [1.29, 1.82) is 0 Å². The predicted octanol–water partition coefficient (Wildman–Crippen LogP) is 0.348. The lowest BCUT2D eigenvalue weighted by Gasteiger charge is -2.12. The molecule has 0 bridgehead atoms. The van der Waals surface area contributed by atoms with Crippen molar-refractivity contribution in [2.45, 2.75) is 18.9 Å². The maximum absolute atomic E-state index is 11.6. The van der Waals surface area contributed by atoms with Crippen LogP contribution in [0.15, 0.2) is 17.5 Å². The third-order valence-corrected chi connectivity index (χ3v) is 3.58. The summed E-state index contributed by atoms with van der Waals surface area (Å²) in [5, 5.41) is 7.42. The predicted molar refractivity (Wildman–Crippen MR) is 78.7 cm³/mol. The van der Waals surface area contributed by atoms with E-state index in [0.29, 0.717) is 30.9 Å². The first-order valence-electron chi connectivity index (χ1n) is 6.48. The van der Waals surface area contributed by atoms with Gasteiger partial charge in [0.25, 0.3) is 5.91 Å². The van der Waals surface area contributed by atoms with Crippen LogP contribution in [0.2, 0.25) is 0 Å². The quantitative estimate of drug-likeness (QED) is 0.574. The molecule has 1 atom stereocenters. The molecule has 112 valence electrons. The average molecular weight is 299 g/mol. The summed E-state index contributed by atoms with van der Waals surface area (Å²) in [6, 6.07) is 3.61. The summed E-state index contributed by atoms with van der Waals surface area (Å²) in [5.41, 5.74) is 5.44. The first kappa shape index (κ1) is 16.6. The average Bonchev–Trinajstić information content (AvgIpc) is 2.98. The molecule has 0 aromatic carbocycles. The summed E-state index contributed by atoms with van der Waals surface area (Å²) in [4.78, 5) is 23.8. The van der Waals surface area contributed by atoms with Gasteiger partial charge in [0.1, 0.15) is 0 Å². The lowest BCUT2D eigenvalue weighted by molar-refractivity contribution is -0.123. The Morgan fingerprint density at radius 3 is 2.75 bits per heavy atom. The Bertz CT molecular complexity index is 405. The molecule has 0 saturated carbocycles. The first-order valence-corrected chi connectivity index (χ1v) is 7.36. The van der Waals surface area contributed by atoms with Crippen LogP contribution in [-0.2, 0) is 9.53 Å². The Hall–Kier alpha value is -1.44. The molecule has 1 aromatic rings. The minimum Gasteiger partial charge on any atom is -0.380 e. The normalized spacial score (nSPS) is 11.9. The monoisotopic (exact) mass is 299 g/mol. The van der Waals surface area contributed by atoms with Crippen LogP contribution in [0, 0.1) is 0 Å². The van der Waals surface area contributed by atoms with E-state index in [-0.39, 0.29) is 24.3 Å². The molecular weight excluding hydrogens is 278 g/mol. The molecule has 1 unspecified atom stereocenters. The van der Waals surface area contributed by atoms with Crippen LogP contribution in [0.3, 0.4) is 0 Å². The van der Waals surface area contributed by atoms with Gasteiger partial charge in [0.2, 0.25) is 5.91 Å². The zero-order valence-corrected chi connectivity index (χ0v) is 12.4. The van der Waals surface area contributed by atoms with Crippen LogP contribution in [0.5, 0.6) is 0 Å². The lowest BCUT2D eigenvalue weighted by Crippen LogP contribution is -2.34. The first-order chi connectivity index (χ1) is 9.67. The largest absolute Gasteiger partial charge is 0.380 e. The number of ether oxygens (including phenoxy) is 1. The number of carbonyl (C=O) groups excluding carboxylic acids is 2. The molecule has 20 heavy (non-hydrogen) atoms. The minimum atomic E-state index is -0.242. The van der Waals surface area contributed by atoms with Gasteiger partial charge in [0.05, 0.1) is 17.4 Å². The van der Waals surface area contributed by atoms with E-state index < -0.39 is 0 Å². The van der Waals surface area contributed by atoms with Gasteiger partial charge in [0.15, 0.2) is 0 Å². The van der Waals surface area contributed by atoms with E-state index in [4.69, 9.17) is 10.5 Å². The minimum absolute atomic E-state index is 0.0751. The van der Waals surface area contributed by atoms with Crippen LogP contribution < -0.4 is 16.4 Å². The van der Waals surface area contributed by atoms with Crippen molar-refractivity contribution < 1.29 is 14.3 Å². The van der Waals surface area contributed by atoms with Gasteiger partial charge in [0, 0.05) is 26.7 Å². The Labute approximate surface area is 122 Å². The molecule has 0 spiro atoms. The third-order valence-electron chi connectivity index (χ3n) is 2.72. The van der Waals surface area contributed by atoms with E-state index >= 15 is 0 Å². The summed E-state index contributed by atoms with van der Waals surface area (Å²) in [6.45, 7) is 1.37. The summed E-state index contributed by atoms with van der Waals surface area (Å²) >= 11 is 1.40. The van der Waals surface area contributed by atoms with Crippen molar-refractivity contribution in [2.75, 3.05) is 26.7 Å². The maximum atomic E-state index is 11.6. The van der Waals surface area contributed by atoms with Crippen molar-refractivity contribution in [3.05, 3.63) is 22.4 Å². The molecule has 4 N–H and O–H groups in total. The molecule has 0 saturated heterocycles. The van der Waals surface area contributed by atoms with E-state index in [0.717, 1.165) is 0 Å². The number of hydrogen-bond acceptors (Lipinski definition) is 5. The Balaban J connectivity index is 2.07. The van der Waals surface area contributed by atoms with Gasteiger partial charge in [-0.1, -0.05) is 6.07 Å². The molecule has 0 fully saturated rings. The summed E-state index contributed by atoms with van der Waals surface area (Å²) in [7, 11) is 1.53. The van der Waals surface area contributed by atoms with Crippen LogP contribution in [-0.4, -0.2) is 44.7 Å². The van der Waals surface area contributed by atoms with Gasteiger partial charge in [-0.15, -0.1) is 11.3 Å². The highest BCUT2D eigenvalue weighted by atomic mass is 32.1. The van der Waals surface area contributed by atoms with E-state index in [1.165, 1.54) is 18.4 Å². The number of nitrogens with one attached hydrogen (secondary N) is 2. The molecule has 6 nitrogen and oxygen atoms in total. The van der Waals surface area contributed by atoms with Gasteiger partial charge in [-0.05, 0) is 17.9 Å². The number of nitrogens with two attached hydrogens (primary N) is 1. The molecule has 7 heteroatoms. The molecule has 1 rings (SSSR count). The Morgan fingerprint density at radius 1 is 1.40 bits per heavy atom. The second-order valence-electron chi connectivity index (χ2n) is 4.23. The number of hydrogen-bond donors (Lipinski definition) is 3. The van der Waals surface area contributed by atoms with Gasteiger partial charge < -0.3 is 21.1 Å². The van der Waals surface area contributed by atoms with Crippen molar-refractivity contribution >= 4 is 23.2 Å². The molecule has 0 aliphatic heterocycles. The molecule has 1 aromatic heterocycles. The number of thiophene rings is 1. The molecular formula is C13H21N3O3S. The molecule has 1 heterocycles. The fourth-order valence-corrected chi connectivity index (χ4v) is 2.19. The third kappa shape index (κ3) is 6.14. The smallest absolute Gasteiger partial charge is 0.261 e. The number of amides is 2. The lowest BCUT2D eigenvalue weighted by atomic mass is 10.2. The second kappa shape index (κ2) is 9.46. The Kier molecular flexibility index (Phi) is 7.86. The van der Waals surface area contributed by atoms with Crippen molar-refractivity contribution in [1.82, 2.24) is 10.6 Å². The van der Waals surface area contributed by atoms with E-state index in [9.17, 15) is 9.59 Å². The van der Waals surface area contributed by atoms with Crippen LogP contribution in [0.1, 0.15) is 22.5 Å². The van der Waals surface area contributed by atoms with Gasteiger partial charge in [-0.2, -0.15) is 0 Å². The van der Waals surface area contributed by atoms with E-state index in [1.807, 2.05) is 11.4 Å². The number of rotatable bonds is 9. The zero-order chi connectivity index (χ0) is 14.8.